The van der Waals surface area contributed by atoms with Crippen LogP contribution in [-0.4, -0.2) is 70.9 Å². The average Bonchev–Trinajstić information content (AvgIpc) is 3.36. The Morgan fingerprint density at radius 2 is 1.74 bits per heavy atom. The lowest BCUT2D eigenvalue weighted by Crippen LogP contribution is -2.49. The van der Waals surface area contributed by atoms with Gasteiger partial charge in [0, 0.05) is 57.8 Å². The first kappa shape index (κ1) is 25.1. The van der Waals surface area contributed by atoms with Crippen LogP contribution in [0.25, 0.3) is 22.4 Å². The molecule has 0 aliphatic carbocycles. The van der Waals surface area contributed by atoms with Crippen molar-refractivity contribution in [3.8, 4) is 11.4 Å². The van der Waals surface area contributed by atoms with Crippen molar-refractivity contribution in [2.45, 2.75) is 6.92 Å². The molecule has 0 atom stereocenters. The minimum atomic E-state index is -0.624. The smallest absolute Gasteiger partial charge is 0.270 e. The number of fused-ring (bicyclic) bond motifs is 1. The standard InChI is InChI=1S/C27H27F2N7O2/c1-17(37)30-9-10-31-25-20-16-22(32-26(20)34-24(33-25)18-5-3-2-4-6-18)27(38)36-13-11-35(12-14-36)23-8-7-19(28)15-21(23)29/h2-8,15-16H,9-14H2,1H3,(H,30,37)(H2,31,32,33,34). The lowest BCUT2D eigenvalue weighted by molar-refractivity contribution is -0.118. The van der Waals surface area contributed by atoms with Crippen LogP contribution in [0.1, 0.15) is 17.4 Å². The summed E-state index contributed by atoms with van der Waals surface area (Å²) in [7, 11) is 0. The lowest BCUT2D eigenvalue weighted by Gasteiger charge is -2.36. The topological polar surface area (TPSA) is 106 Å². The average molecular weight is 520 g/mol. The van der Waals surface area contributed by atoms with Gasteiger partial charge in [-0.05, 0) is 18.2 Å². The third-order valence-electron chi connectivity index (χ3n) is 6.36. The van der Waals surface area contributed by atoms with Gasteiger partial charge in [0.25, 0.3) is 5.91 Å². The molecule has 0 bridgehead atoms. The van der Waals surface area contributed by atoms with Crippen molar-refractivity contribution in [3.05, 3.63) is 71.9 Å². The monoisotopic (exact) mass is 519 g/mol. The molecule has 5 rings (SSSR count). The largest absolute Gasteiger partial charge is 0.368 e. The van der Waals surface area contributed by atoms with Gasteiger partial charge in [0.15, 0.2) is 5.82 Å². The zero-order valence-electron chi connectivity index (χ0n) is 20.8. The number of aromatic amines is 1. The van der Waals surface area contributed by atoms with Gasteiger partial charge in [-0.1, -0.05) is 30.3 Å². The van der Waals surface area contributed by atoms with Crippen LogP contribution in [0.5, 0.6) is 0 Å². The molecule has 0 radical (unpaired) electrons. The molecule has 9 nitrogen and oxygen atoms in total. The number of carbonyl (C=O) groups excluding carboxylic acids is 2. The van der Waals surface area contributed by atoms with Gasteiger partial charge in [0.1, 0.15) is 28.8 Å². The minimum absolute atomic E-state index is 0.124. The highest BCUT2D eigenvalue weighted by atomic mass is 19.1. The first-order valence-electron chi connectivity index (χ1n) is 12.3. The van der Waals surface area contributed by atoms with Gasteiger partial charge in [0.05, 0.1) is 11.1 Å². The lowest BCUT2D eigenvalue weighted by atomic mass is 10.2. The molecule has 2 amide bonds. The SMILES string of the molecule is CC(=O)NCCNc1nc(-c2ccccc2)nc2[nH]c(C(=O)N3CCN(c4ccc(F)cc4F)CC3)cc12. The van der Waals surface area contributed by atoms with Crippen LogP contribution >= 0.6 is 0 Å². The molecule has 1 fully saturated rings. The molecule has 196 valence electrons. The van der Waals surface area contributed by atoms with Crippen LogP contribution in [0.15, 0.2) is 54.6 Å². The Morgan fingerprint density at radius 3 is 2.45 bits per heavy atom. The van der Waals surface area contributed by atoms with Crippen LogP contribution in [0, 0.1) is 11.6 Å². The molecule has 2 aromatic heterocycles. The molecule has 11 heteroatoms. The molecule has 38 heavy (non-hydrogen) atoms. The number of aromatic nitrogens is 3. The summed E-state index contributed by atoms with van der Waals surface area (Å²) in [5, 5.41) is 6.63. The minimum Gasteiger partial charge on any atom is -0.368 e. The van der Waals surface area contributed by atoms with Crippen molar-refractivity contribution in [1.82, 2.24) is 25.2 Å². The number of halogens is 2. The molecule has 0 spiro atoms. The van der Waals surface area contributed by atoms with Crippen LogP contribution in [0.3, 0.4) is 0 Å². The second-order valence-corrected chi connectivity index (χ2v) is 8.99. The first-order valence-corrected chi connectivity index (χ1v) is 12.3. The molecule has 1 aliphatic rings. The zero-order chi connectivity index (χ0) is 26.6. The second kappa shape index (κ2) is 10.8. The Bertz CT molecular complexity index is 1470. The number of hydrogen-bond acceptors (Lipinski definition) is 6. The van der Waals surface area contributed by atoms with Crippen molar-refractivity contribution in [2.75, 3.05) is 49.5 Å². The molecule has 3 heterocycles. The van der Waals surface area contributed by atoms with E-state index in [0.29, 0.717) is 73.3 Å². The van der Waals surface area contributed by atoms with Gasteiger partial charge in [-0.25, -0.2) is 18.7 Å². The summed E-state index contributed by atoms with van der Waals surface area (Å²) < 4.78 is 27.5. The molecule has 1 saturated heterocycles. The molecular formula is C27H27F2N7O2. The number of piperazine rings is 1. The Labute approximate surface area is 217 Å². The molecule has 4 aromatic rings. The van der Waals surface area contributed by atoms with E-state index in [2.05, 4.69) is 25.6 Å². The summed E-state index contributed by atoms with van der Waals surface area (Å²) in [6.45, 7) is 3.91. The fourth-order valence-corrected chi connectivity index (χ4v) is 4.45. The maximum absolute atomic E-state index is 14.2. The molecule has 0 unspecified atom stereocenters. The number of nitrogens with zero attached hydrogens (tertiary/aromatic N) is 4. The summed E-state index contributed by atoms with van der Waals surface area (Å²) in [5.41, 5.74) is 2.02. The molecular weight excluding hydrogens is 492 g/mol. The van der Waals surface area contributed by atoms with Crippen molar-refractivity contribution in [3.63, 3.8) is 0 Å². The van der Waals surface area contributed by atoms with Gasteiger partial charge in [-0.2, -0.15) is 0 Å². The Kier molecular flexibility index (Phi) is 7.16. The fraction of sp³-hybridized carbons (Fsp3) is 0.259. The summed E-state index contributed by atoms with van der Waals surface area (Å²) in [4.78, 5) is 40.6. The Balaban J connectivity index is 1.36. The van der Waals surface area contributed by atoms with E-state index in [1.807, 2.05) is 30.3 Å². The third kappa shape index (κ3) is 5.41. The van der Waals surface area contributed by atoms with Gasteiger partial charge < -0.3 is 25.4 Å². The molecule has 3 N–H and O–H groups in total. The van der Waals surface area contributed by atoms with E-state index in [1.54, 1.807) is 15.9 Å². The van der Waals surface area contributed by atoms with E-state index < -0.39 is 11.6 Å². The summed E-state index contributed by atoms with van der Waals surface area (Å²) in [5.74, 6) is -0.524. The number of benzene rings is 2. The summed E-state index contributed by atoms with van der Waals surface area (Å²) in [6.07, 6.45) is 0. The maximum atomic E-state index is 14.2. The highest BCUT2D eigenvalue weighted by Crippen LogP contribution is 2.27. The van der Waals surface area contributed by atoms with Gasteiger partial charge >= 0.3 is 0 Å². The fourth-order valence-electron chi connectivity index (χ4n) is 4.45. The Morgan fingerprint density at radius 1 is 0.974 bits per heavy atom. The highest BCUT2D eigenvalue weighted by molar-refractivity contribution is 6.00. The second-order valence-electron chi connectivity index (χ2n) is 8.99. The van der Waals surface area contributed by atoms with Gasteiger partial charge in [0.2, 0.25) is 5.91 Å². The van der Waals surface area contributed by atoms with Crippen molar-refractivity contribution in [1.29, 1.82) is 0 Å². The van der Waals surface area contributed by atoms with E-state index in [-0.39, 0.29) is 11.8 Å². The number of amides is 2. The van der Waals surface area contributed by atoms with E-state index in [4.69, 9.17) is 0 Å². The summed E-state index contributed by atoms with van der Waals surface area (Å²) in [6, 6.07) is 14.7. The quantitative estimate of drug-likeness (QED) is 0.323. The number of H-pyrrole nitrogens is 1. The van der Waals surface area contributed by atoms with Gasteiger partial charge in [-0.15, -0.1) is 0 Å². The van der Waals surface area contributed by atoms with E-state index >= 15 is 0 Å². The predicted octanol–water partition coefficient (Wildman–Crippen LogP) is 3.41. The van der Waals surface area contributed by atoms with Crippen LogP contribution in [0.2, 0.25) is 0 Å². The van der Waals surface area contributed by atoms with Crippen LogP contribution in [-0.2, 0) is 4.79 Å². The van der Waals surface area contributed by atoms with Crippen molar-refractivity contribution < 1.29 is 18.4 Å². The molecule has 2 aromatic carbocycles. The summed E-state index contributed by atoms with van der Waals surface area (Å²) >= 11 is 0. The van der Waals surface area contributed by atoms with Crippen molar-refractivity contribution in [2.24, 2.45) is 0 Å². The Hall–Kier alpha value is -4.54. The maximum Gasteiger partial charge on any atom is 0.270 e. The first-order chi connectivity index (χ1) is 18.4. The number of hydrogen-bond donors (Lipinski definition) is 3. The van der Waals surface area contributed by atoms with Gasteiger partial charge in [-0.3, -0.25) is 9.59 Å². The zero-order valence-corrected chi connectivity index (χ0v) is 20.8. The van der Waals surface area contributed by atoms with Crippen LogP contribution < -0.4 is 15.5 Å². The van der Waals surface area contributed by atoms with E-state index in [0.717, 1.165) is 11.6 Å². The number of nitrogens with one attached hydrogen (secondary N) is 3. The third-order valence-corrected chi connectivity index (χ3v) is 6.36. The van der Waals surface area contributed by atoms with E-state index in [1.165, 1.54) is 19.1 Å². The number of anilines is 2. The highest BCUT2D eigenvalue weighted by Gasteiger charge is 2.26. The number of rotatable bonds is 7. The predicted molar refractivity (Wildman–Crippen MR) is 141 cm³/mol. The van der Waals surface area contributed by atoms with E-state index in [9.17, 15) is 18.4 Å². The van der Waals surface area contributed by atoms with Crippen molar-refractivity contribution >= 4 is 34.4 Å². The normalized spacial score (nSPS) is 13.6. The molecule has 0 saturated carbocycles. The molecule has 1 aliphatic heterocycles. The number of carbonyl (C=O) groups is 2. The van der Waals surface area contributed by atoms with Crippen LogP contribution in [0.4, 0.5) is 20.3 Å².